The highest BCUT2D eigenvalue weighted by Gasteiger charge is 2.40. The molecule has 5 heteroatoms. The zero-order chi connectivity index (χ0) is 12.7. The Hall–Kier alpha value is -1.00. The molecule has 2 atom stereocenters. The average Bonchev–Trinajstić information content (AvgIpc) is 3.01. The third-order valence-electron chi connectivity index (χ3n) is 4.13. The summed E-state index contributed by atoms with van der Waals surface area (Å²) in [6.07, 6.45) is 2.94. The molecule has 0 bridgehead atoms. The van der Waals surface area contributed by atoms with Gasteiger partial charge in [-0.05, 0) is 25.3 Å². The van der Waals surface area contributed by atoms with Crippen molar-refractivity contribution in [2.24, 2.45) is 5.92 Å². The van der Waals surface area contributed by atoms with Crippen LogP contribution < -0.4 is 5.32 Å². The van der Waals surface area contributed by atoms with Gasteiger partial charge in [0, 0.05) is 38.4 Å². The van der Waals surface area contributed by atoms with Crippen LogP contribution in [0, 0.1) is 5.92 Å². The first-order valence-electron chi connectivity index (χ1n) is 6.58. The fourth-order valence-electron chi connectivity index (χ4n) is 3.16. The van der Waals surface area contributed by atoms with Crippen LogP contribution in [0.3, 0.4) is 0 Å². The number of hydrogen-bond acceptors (Lipinski definition) is 2. The van der Waals surface area contributed by atoms with E-state index in [2.05, 4.69) is 5.32 Å². The van der Waals surface area contributed by atoms with Gasteiger partial charge in [-0.15, -0.1) is 0 Å². The molecule has 2 aliphatic rings. The van der Waals surface area contributed by atoms with Crippen molar-refractivity contribution in [2.45, 2.75) is 25.9 Å². The van der Waals surface area contributed by atoms with E-state index in [1.165, 1.54) is 0 Å². The van der Waals surface area contributed by atoms with Crippen LogP contribution in [0.15, 0.2) is 12.3 Å². The molecule has 0 aromatic carbocycles. The van der Waals surface area contributed by atoms with Gasteiger partial charge in [0.25, 0.3) is 5.91 Å². The van der Waals surface area contributed by atoms with Crippen LogP contribution in [-0.4, -0.2) is 41.1 Å². The highest BCUT2D eigenvalue weighted by Crippen LogP contribution is 2.29. The van der Waals surface area contributed by atoms with Crippen LogP contribution in [0.25, 0.3) is 0 Å². The number of fused-ring (bicyclic) bond motifs is 1. The Morgan fingerprint density at radius 1 is 1.56 bits per heavy atom. The summed E-state index contributed by atoms with van der Waals surface area (Å²) in [4.78, 5) is 14.6. The SMILES string of the molecule is CCn1cc(Cl)cc1C(=O)N1CC[C@H]2CNC[C@H]21. The Balaban J connectivity index is 1.85. The molecule has 0 radical (unpaired) electrons. The van der Waals surface area contributed by atoms with E-state index in [0.717, 1.165) is 38.3 Å². The molecule has 0 saturated carbocycles. The lowest BCUT2D eigenvalue weighted by Gasteiger charge is -2.23. The lowest BCUT2D eigenvalue weighted by molar-refractivity contribution is 0.0726. The number of aromatic nitrogens is 1. The summed E-state index contributed by atoms with van der Waals surface area (Å²) in [5.74, 6) is 0.759. The number of aryl methyl sites for hydroxylation is 1. The molecule has 2 saturated heterocycles. The average molecular weight is 268 g/mol. The normalized spacial score (nSPS) is 26.7. The molecule has 1 aromatic heterocycles. The van der Waals surface area contributed by atoms with Gasteiger partial charge < -0.3 is 14.8 Å². The van der Waals surface area contributed by atoms with Crippen LogP contribution in [0.1, 0.15) is 23.8 Å². The number of amides is 1. The molecule has 0 unspecified atom stereocenters. The predicted molar refractivity (Wildman–Crippen MR) is 70.9 cm³/mol. The number of hydrogen-bond donors (Lipinski definition) is 1. The largest absolute Gasteiger partial charge is 0.342 e. The van der Waals surface area contributed by atoms with Crippen LogP contribution in [0.5, 0.6) is 0 Å². The van der Waals surface area contributed by atoms with Crippen molar-refractivity contribution in [3.8, 4) is 0 Å². The van der Waals surface area contributed by atoms with E-state index in [4.69, 9.17) is 11.6 Å². The molecule has 0 aliphatic carbocycles. The van der Waals surface area contributed by atoms with E-state index in [-0.39, 0.29) is 5.91 Å². The second kappa shape index (κ2) is 4.59. The summed E-state index contributed by atoms with van der Waals surface area (Å²) in [6, 6.07) is 2.15. The molecule has 3 rings (SSSR count). The molecule has 18 heavy (non-hydrogen) atoms. The molecular weight excluding hydrogens is 250 g/mol. The molecule has 1 N–H and O–H groups in total. The molecule has 1 aromatic rings. The quantitative estimate of drug-likeness (QED) is 0.884. The first-order chi connectivity index (χ1) is 8.70. The van der Waals surface area contributed by atoms with Crippen LogP contribution in [0.2, 0.25) is 5.02 Å². The fraction of sp³-hybridized carbons (Fsp3) is 0.615. The van der Waals surface area contributed by atoms with Gasteiger partial charge in [-0.3, -0.25) is 4.79 Å². The minimum Gasteiger partial charge on any atom is -0.342 e. The van der Waals surface area contributed by atoms with Crippen molar-refractivity contribution in [1.29, 1.82) is 0 Å². The number of nitrogens with zero attached hydrogens (tertiary/aromatic N) is 2. The topological polar surface area (TPSA) is 37.3 Å². The van der Waals surface area contributed by atoms with Crippen LogP contribution in [0.4, 0.5) is 0 Å². The molecule has 2 aliphatic heterocycles. The van der Waals surface area contributed by atoms with Gasteiger partial charge in [-0.25, -0.2) is 0 Å². The smallest absolute Gasteiger partial charge is 0.270 e. The standard InChI is InChI=1S/C13H18ClN3O/c1-2-16-8-10(14)5-11(16)13(18)17-4-3-9-6-15-7-12(9)17/h5,8-9,12,15H,2-4,6-7H2,1H3/t9-,12+/m0/s1. The van der Waals surface area contributed by atoms with Gasteiger partial charge in [0.15, 0.2) is 0 Å². The van der Waals surface area contributed by atoms with Crippen molar-refractivity contribution < 1.29 is 4.79 Å². The summed E-state index contributed by atoms with van der Waals surface area (Å²) in [6.45, 7) is 5.65. The maximum atomic E-state index is 12.6. The Morgan fingerprint density at radius 2 is 2.39 bits per heavy atom. The number of halogens is 1. The Morgan fingerprint density at radius 3 is 3.17 bits per heavy atom. The van der Waals surface area contributed by atoms with Gasteiger partial charge in [-0.1, -0.05) is 11.6 Å². The number of carbonyl (C=O) groups excluding carboxylic acids is 1. The molecule has 1 amide bonds. The van der Waals surface area contributed by atoms with Gasteiger partial charge in [0.05, 0.1) is 5.02 Å². The van der Waals surface area contributed by atoms with Crippen molar-refractivity contribution in [3.05, 3.63) is 23.0 Å². The summed E-state index contributed by atoms with van der Waals surface area (Å²) >= 11 is 6.00. The van der Waals surface area contributed by atoms with Gasteiger partial charge in [0.1, 0.15) is 5.69 Å². The Labute approximate surface area is 112 Å². The van der Waals surface area contributed by atoms with Crippen molar-refractivity contribution in [1.82, 2.24) is 14.8 Å². The third-order valence-corrected chi connectivity index (χ3v) is 4.34. The zero-order valence-corrected chi connectivity index (χ0v) is 11.3. The van der Waals surface area contributed by atoms with Crippen molar-refractivity contribution >= 4 is 17.5 Å². The van der Waals surface area contributed by atoms with Crippen molar-refractivity contribution in [2.75, 3.05) is 19.6 Å². The summed E-state index contributed by atoms with van der Waals surface area (Å²) in [7, 11) is 0. The number of likely N-dealkylation sites (tertiary alicyclic amines) is 1. The first-order valence-corrected chi connectivity index (χ1v) is 6.96. The van der Waals surface area contributed by atoms with E-state index in [1.54, 1.807) is 6.07 Å². The molecule has 3 heterocycles. The summed E-state index contributed by atoms with van der Waals surface area (Å²) in [5, 5.41) is 4.01. The molecule has 0 spiro atoms. The molecule has 2 fully saturated rings. The predicted octanol–water partition coefficient (Wildman–Crippen LogP) is 1.60. The number of nitrogens with one attached hydrogen (secondary N) is 1. The second-order valence-electron chi connectivity index (χ2n) is 5.10. The Bertz CT molecular complexity index is 471. The van der Waals surface area contributed by atoms with E-state index < -0.39 is 0 Å². The lowest BCUT2D eigenvalue weighted by Crippen LogP contribution is -2.39. The Kier molecular flexibility index (Phi) is 3.08. The monoisotopic (exact) mass is 267 g/mol. The lowest BCUT2D eigenvalue weighted by atomic mass is 10.1. The summed E-state index contributed by atoms with van der Waals surface area (Å²) < 4.78 is 1.93. The van der Waals surface area contributed by atoms with Gasteiger partial charge >= 0.3 is 0 Å². The summed E-state index contributed by atoms with van der Waals surface area (Å²) in [5.41, 5.74) is 0.718. The van der Waals surface area contributed by atoms with E-state index in [0.29, 0.717) is 17.0 Å². The van der Waals surface area contributed by atoms with Crippen LogP contribution in [-0.2, 0) is 6.54 Å². The maximum Gasteiger partial charge on any atom is 0.270 e. The molecule has 98 valence electrons. The highest BCUT2D eigenvalue weighted by atomic mass is 35.5. The maximum absolute atomic E-state index is 12.6. The minimum atomic E-state index is 0.125. The van der Waals surface area contributed by atoms with Crippen LogP contribution >= 0.6 is 11.6 Å². The zero-order valence-electron chi connectivity index (χ0n) is 10.5. The van der Waals surface area contributed by atoms with E-state index in [9.17, 15) is 4.79 Å². The second-order valence-corrected chi connectivity index (χ2v) is 5.54. The molecule has 4 nitrogen and oxygen atoms in total. The fourth-order valence-corrected chi connectivity index (χ4v) is 3.39. The number of carbonyl (C=O) groups is 1. The minimum absolute atomic E-state index is 0.125. The third kappa shape index (κ3) is 1.84. The number of rotatable bonds is 2. The first kappa shape index (κ1) is 12.1. The van der Waals surface area contributed by atoms with E-state index >= 15 is 0 Å². The van der Waals surface area contributed by atoms with E-state index in [1.807, 2.05) is 22.6 Å². The highest BCUT2D eigenvalue weighted by molar-refractivity contribution is 6.31. The van der Waals surface area contributed by atoms with Gasteiger partial charge in [0.2, 0.25) is 0 Å². The molecular formula is C13H18ClN3O. The van der Waals surface area contributed by atoms with Gasteiger partial charge in [-0.2, -0.15) is 0 Å². The van der Waals surface area contributed by atoms with Crippen molar-refractivity contribution in [3.63, 3.8) is 0 Å².